The van der Waals surface area contributed by atoms with Crippen LogP contribution in [0.1, 0.15) is 15.9 Å². The molecule has 3 rings (SSSR count). The molecule has 0 heterocycles. The number of hydrogen-bond acceptors (Lipinski definition) is 3. The maximum atomic E-state index is 12.3. The van der Waals surface area contributed by atoms with Crippen LogP contribution in [0.25, 0.3) is 0 Å². The Morgan fingerprint density at radius 3 is 2.25 bits per heavy atom. The van der Waals surface area contributed by atoms with Gasteiger partial charge in [0.15, 0.2) is 6.61 Å². The fraction of sp³-hybridized carbons (Fsp3) is 0.0909. The highest BCUT2D eigenvalue weighted by atomic mass is 35.5. The van der Waals surface area contributed by atoms with Gasteiger partial charge >= 0.3 is 0 Å². The molecule has 0 bridgehead atoms. The summed E-state index contributed by atoms with van der Waals surface area (Å²) in [6.07, 6.45) is 0. The second-order valence-electron chi connectivity index (χ2n) is 6.14. The van der Waals surface area contributed by atoms with Gasteiger partial charge < -0.3 is 15.4 Å². The summed E-state index contributed by atoms with van der Waals surface area (Å²) in [6.45, 7) is 1.80. The Labute approximate surface area is 168 Å². The minimum absolute atomic E-state index is 0.120. The normalized spacial score (nSPS) is 10.2. The molecule has 3 aromatic carbocycles. The number of anilines is 2. The largest absolute Gasteiger partial charge is 0.484 e. The first-order valence-electron chi connectivity index (χ1n) is 8.66. The van der Waals surface area contributed by atoms with Crippen molar-refractivity contribution in [3.63, 3.8) is 0 Å². The summed E-state index contributed by atoms with van der Waals surface area (Å²) in [6, 6.07) is 21.0. The number of benzene rings is 3. The third-order valence-electron chi connectivity index (χ3n) is 4.01. The van der Waals surface area contributed by atoms with Crippen LogP contribution in [0.4, 0.5) is 11.4 Å². The molecule has 0 atom stereocenters. The Hall–Kier alpha value is -3.31. The second kappa shape index (κ2) is 9.06. The number of carbonyl (C=O) groups excluding carboxylic acids is 2. The van der Waals surface area contributed by atoms with Crippen LogP contribution < -0.4 is 15.4 Å². The van der Waals surface area contributed by atoms with Crippen molar-refractivity contribution in [2.45, 2.75) is 6.92 Å². The molecule has 0 aliphatic rings. The van der Waals surface area contributed by atoms with Crippen LogP contribution in [0, 0.1) is 6.92 Å². The molecule has 0 aromatic heterocycles. The maximum Gasteiger partial charge on any atom is 0.262 e. The molecule has 2 N–H and O–H groups in total. The number of nitrogens with one attached hydrogen (secondary N) is 2. The highest BCUT2D eigenvalue weighted by molar-refractivity contribution is 6.30. The van der Waals surface area contributed by atoms with Crippen molar-refractivity contribution in [3.05, 3.63) is 88.9 Å². The SMILES string of the molecule is Cc1ccccc1NC(=O)COc1ccc(C(=O)Nc2ccc(Cl)cc2)cc1. The average molecular weight is 395 g/mol. The molecule has 0 saturated carbocycles. The molecule has 0 aliphatic carbocycles. The minimum Gasteiger partial charge on any atom is -0.484 e. The van der Waals surface area contributed by atoms with Crippen molar-refractivity contribution in [2.24, 2.45) is 0 Å². The van der Waals surface area contributed by atoms with Gasteiger partial charge in [0.1, 0.15) is 5.75 Å². The van der Waals surface area contributed by atoms with Crippen LogP contribution in [0.3, 0.4) is 0 Å². The predicted octanol–water partition coefficient (Wildman–Crippen LogP) is 4.92. The molecule has 6 heteroatoms. The van der Waals surface area contributed by atoms with Gasteiger partial charge in [0, 0.05) is 22.0 Å². The highest BCUT2D eigenvalue weighted by Crippen LogP contribution is 2.17. The first-order valence-corrected chi connectivity index (χ1v) is 9.04. The quantitative estimate of drug-likeness (QED) is 0.623. The van der Waals surface area contributed by atoms with E-state index in [4.69, 9.17) is 16.3 Å². The highest BCUT2D eigenvalue weighted by Gasteiger charge is 2.08. The summed E-state index contributed by atoms with van der Waals surface area (Å²) in [4.78, 5) is 24.3. The average Bonchev–Trinajstić information content (AvgIpc) is 2.70. The lowest BCUT2D eigenvalue weighted by atomic mass is 10.2. The molecule has 0 saturated heterocycles. The van der Waals surface area contributed by atoms with E-state index in [-0.39, 0.29) is 18.4 Å². The third-order valence-corrected chi connectivity index (χ3v) is 4.26. The molecule has 2 amide bonds. The zero-order valence-corrected chi connectivity index (χ0v) is 16.0. The van der Waals surface area contributed by atoms with Crippen molar-refractivity contribution in [3.8, 4) is 5.75 Å². The van der Waals surface area contributed by atoms with Crippen LogP contribution >= 0.6 is 11.6 Å². The molecule has 28 heavy (non-hydrogen) atoms. The summed E-state index contributed by atoms with van der Waals surface area (Å²) < 4.78 is 5.49. The Morgan fingerprint density at radius 2 is 1.57 bits per heavy atom. The fourth-order valence-electron chi connectivity index (χ4n) is 2.49. The first-order chi connectivity index (χ1) is 13.5. The van der Waals surface area contributed by atoms with E-state index in [1.165, 1.54) is 0 Å². The monoisotopic (exact) mass is 394 g/mol. The van der Waals surface area contributed by atoms with E-state index < -0.39 is 0 Å². The Bertz CT molecular complexity index is 970. The number of ether oxygens (including phenoxy) is 1. The lowest BCUT2D eigenvalue weighted by molar-refractivity contribution is -0.118. The van der Waals surface area contributed by atoms with Gasteiger partial charge in [-0.05, 0) is 67.1 Å². The van der Waals surface area contributed by atoms with Gasteiger partial charge in [0.05, 0.1) is 0 Å². The van der Waals surface area contributed by atoms with E-state index in [1.807, 2.05) is 31.2 Å². The van der Waals surface area contributed by atoms with Crippen molar-refractivity contribution >= 4 is 34.8 Å². The van der Waals surface area contributed by atoms with Gasteiger partial charge in [-0.1, -0.05) is 29.8 Å². The van der Waals surface area contributed by atoms with Gasteiger partial charge in [0.2, 0.25) is 0 Å². The van der Waals surface area contributed by atoms with E-state index in [2.05, 4.69) is 10.6 Å². The third kappa shape index (κ3) is 5.34. The molecular weight excluding hydrogens is 376 g/mol. The van der Waals surface area contributed by atoms with Crippen LogP contribution in [0.2, 0.25) is 5.02 Å². The van der Waals surface area contributed by atoms with Crippen LogP contribution in [-0.2, 0) is 4.79 Å². The molecule has 0 spiro atoms. The number of para-hydroxylation sites is 1. The number of rotatable bonds is 6. The number of amides is 2. The van der Waals surface area contributed by atoms with E-state index in [9.17, 15) is 9.59 Å². The van der Waals surface area contributed by atoms with Crippen molar-refractivity contribution in [2.75, 3.05) is 17.2 Å². The zero-order chi connectivity index (χ0) is 19.9. The first kappa shape index (κ1) is 19.5. The molecule has 3 aromatic rings. The fourth-order valence-corrected chi connectivity index (χ4v) is 2.61. The second-order valence-corrected chi connectivity index (χ2v) is 6.57. The minimum atomic E-state index is -0.251. The van der Waals surface area contributed by atoms with Gasteiger partial charge in [-0.2, -0.15) is 0 Å². The van der Waals surface area contributed by atoms with E-state index in [0.29, 0.717) is 22.0 Å². The van der Waals surface area contributed by atoms with Gasteiger partial charge in [0.25, 0.3) is 11.8 Å². The van der Waals surface area contributed by atoms with Gasteiger partial charge in [-0.15, -0.1) is 0 Å². The standard InChI is InChI=1S/C22H19ClN2O3/c1-15-4-2-3-5-20(15)25-21(26)14-28-19-12-6-16(7-13-19)22(27)24-18-10-8-17(23)9-11-18/h2-13H,14H2,1H3,(H,24,27)(H,25,26). The summed E-state index contributed by atoms with van der Waals surface area (Å²) >= 11 is 5.83. The smallest absolute Gasteiger partial charge is 0.262 e. The molecule has 0 aliphatic heterocycles. The summed E-state index contributed by atoms with van der Waals surface area (Å²) in [7, 11) is 0. The molecule has 0 unspecified atom stereocenters. The van der Waals surface area contributed by atoms with E-state index >= 15 is 0 Å². The van der Waals surface area contributed by atoms with Gasteiger partial charge in [-0.3, -0.25) is 9.59 Å². The predicted molar refractivity (Wildman–Crippen MR) is 111 cm³/mol. The molecule has 0 fully saturated rings. The molecule has 5 nitrogen and oxygen atoms in total. The number of aryl methyl sites for hydroxylation is 1. The topological polar surface area (TPSA) is 67.4 Å². The van der Waals surface area contributed by atoms with Gasteiger partial charge in [-0.25, -0.2) is 0 Å². The van der Waals surface area contributed by atoms with Crippen LogP contribution in [0.5, 0.6) is 5.75 Å². The summed E-state index contributed by atoms with van der Waals surface area (Å²) in [5.74, 6) is 0.00741. The molecule has 0 radical (unpaired) electrons. The molecular formula is C22H19ClN2O3. The van der Waals surface area contributed by atoms with Crippen molar-refractivity contribution in [1.29, 1.82) is 0 Å². The van der Waals surface area contributed by atoms with Crippen molar-refractivity contribution < 1.29 is 14.3 Å². The zero-order valence-electron chi connectivity index (χ0n) is 15.2. The summed E-state index contributed by atoms with van der Waals surface area (Å²) in [5, 5.41) is 6.19. The molecule has 142 valence electrons. The number of halogens is 1. The van der Waals surface area contributed by atoms with Crippen LogP contribution in [0.15, 0.2) is 72.8 Å². The van der Waals surface area contributed by atoms with Crippen LogP contribution in [-0.4, -0.2) is 18.4 Å². The number of hydrogen-bond donors (Lipinski definition) is 2. The Morgan fingerprint density at radius 1 is 0.893 bits per heavy atom. The van der Waals surface area contributed by atoms with E-state index in [0.717, 1.165) is 11.3 Å². The Balaban J connectivity index is 1.52. The van der Waals surface area contributed by atoms with E-state index in [1.54, 1.807) is 48.5 Å². The summed E-state index contributed by atoms with van der Waals surface area (Å²) in [5.41, 5.74) is 2.87. The Kier molecular flexibility index (Phi) is 6.29. The lowest BCUT2D eigenvalue weighted by Gasteiger charge is -2.10. The maximum absolute atomic E-state index is 12.3. The van der Waals surface area contributed by atoms with Crippen molar-refractivity contribution in [1.82, 2.24) is 0 Å². The lowest BCUT2D eigenvalue weighted by Crippen LogP contribution is -2.20. The number of carbonyl (C=O) groups is 2.